The van der Waals surface area contributed by atoms with E-state index in [1.165, 1.54) is 5.56 Å². The van der Waals surface area contributed by atoms with Crippen LogP contribution in [0.25, 0.3) is 22.7 Å². The van der Waals surface area contributed by atoms with Crippen molar-refractivity contribution >= 4 is 0 Å². The highest BCUT2D eigenvalue weighted by molar-refractivity contribution is 5.58. The molecule has 6 heteroatoms. The first-order chi connectivity index (χ1) is 14.8. The van der Waals surface area contributed by atoms with E-state index in [1.807, 2.05) is 66.9 Å². The monoisotopic (exact) mass is 398 g/mol. The molecule has 6 nitrogen and oxygen atoms in total. The van der Waals surface area contributed by atoms with Gasteiger partial charge in [0.2, 0.25) is 0 Å². The predicted molar refractivity (Wildman–Crippen MR) is 114 cm³/mol. The molecule has 30 heavy (non-hydrogen) atoms. The van der Waals surface area contributed by atoms with Gasteiger partial charge in [-0.25, -0.2) is 9.97 Å². The fourth-order valence-electron chi connectivity index (χ4n) is 3.74. The second kappa shape index (κ2) is 8.08. The van der Waals surface area contributed by atoms with Crippen LogP contribution in [0.5, 0.6) is 5.75 Å². The van der Waals surface area contributed by atoms with Crippen molar-refractivity contribution in [3.8, 4) is 28.5 Å². The number of methoxy groups -OCH3 is 1. The average Bonchev–Trinajstić information content (AvgIpc) is 3.28. The first kappa shape index (κ1) is 18.5. The molecule has 0 spiro atoms. The lowest BCUT2D eigenvalue weighted by atomic mass is 10.1. The van der Waals surface area contributed by atoms with Crippen molar-refractivity contribution in [2.24, 2.45) is 0 Å². The Hall–Kier alpha value is -3.51. The smallest absolute Gasteiger partial charge is 0.167 e. The summed E-state index contributed by atoms with van der Waals surface area (Å²) < 4.78 is 10.8. The van der Waals surface area contributed by atoms with Crippen LogP contribution in [0.15, 0.2) is 71.4 Å². The van der Waals surface area contributed by atoms with Crippen molar-refractivity contribution in [3.05, 3.63) is 83.8 Å². The van der Waals surface area contributed by atoms with E-state index in [4.69, 9.17) is 14.2 Å². The minimum absolute atomic E-state index is 0.736. The summed E-state index contributed by atoms with van der Waals surface area (Å²) in [4.78, 5) is 11.7. The summed E-state index contributed by atoms with van der Waals surface area (Å²) in [5.41, 5.74) is 5.28. The highest BCUT2D eigenvalue weighted by Gasteiger charge is 2.20. The molecule has 0 radical (unpaired) electrons. The molecule has 4 aromatic rings. The van der Waals surface area contributed by atoms with Gasteiger partial charge in [0.25, 0.3) is 0 Å². The highest BCUT2D eigenvalue weighted by atomic mass is 16.5. The molecule has 0 atom stereocenters. The van der Waals surface area contributed by atoms with Gasteiger partial charge < -0.3 is 9.26 Å². The topological polar surface area (TPSA) is 64.3 Å². The minimum atomic E-state index is 0.736. The van der Waals surface area contributed by atoms with Gasteiger partial charge in [-0.15, -0.1) is 0 Å². The maximum absolute atomic E-state index is 5.56. The number of ether oxygens (including phenoxy) is 1. The molecule has 2 aromatic carbocycles. The van der Waals surface area contributed by atoms with Gasteiger partial charge in [-0.1, -0.05) is 35.5 Å². The van der Waals surface area contributed by atoms with Crippen molar-refractivity contribution in [3.63, 3.8) is 0 Å². The van der Waals surface area contributed by atoms with E-state index in [2.05, 4.69) is 15.0 Å². The molecule has 0 unspecified atom stereocenters. The molecule has 0 saturated heterocycles. The van der Waals surface area contributed by atoms with E-state index < -0.39 is 0 Å². The number of fused-ring (bicyclic) bond motifs is 1. The van der Waals surface area contributed by atoms with Crippen molar-refractivity contribution < 1.29 is 9.26 Å². The lowest BCUT2D eigenvalue weighted by molar-refractivity contribution is 0.235. The van der Waals surface area contributed by atoms with Crippen molar-refractivity contribution in [1.82, 2.24) is 20.0 Å². The lowest BCUT2D eigenvalue weighted by Crippen LogP contribution is -2.31. The molecule has 0 aliphatic carbocycles. The third kappa shape index (κ3) is 3.82. The van der Waals surface area contributed by atoms with Crippen LogP contribution in [-0.2, 0) is 19.5 Å². The molecule has 1 aliphatic heterocycles. The largest absolute Gasteiger partial charge is 0.497 e. The third-order valence-electron chi connectivity index (χ3n) is 5.36. The Morgan fingerprint density at radius 3 is 2.67 bits per heavy atom. The van der Waals surface area contributed by atoms with Gasteiger partial charge in [-0.05, 0) is 24.3 Å². The van der Waals surface area contributed by atoms with Crippen LogP contribution in [-0.4, -0.2) is 33.7 Å². The second-order valence-electron chi connectivity index (χ2n) is 7.40. The molecule has 150 valence electrons. The Kier molecular flexibility index (Phi) is 4.99. The molecule has 0 fully saturated rings. The summed E-state index contributed by atoms with van der Waals surface area (Å²) in [5, 5.41) is 4.26. The maximum Gasteiger partial charge on any atom is 0.167 e. The zero-order valence-electron chi connectivity index (χ0n) is 16.8. The first-order valence-electron chi connectivity index (χ1n) is 10.0. The Morgan fingerprint density at radius 1 is 1.03 bits per heavy atom. The van der Waals surface area contributed by atoms with Gasteiger partial charge in [-0.2, -0.15) is 0 Å². The van der Waals surface area contributed by atoms with E-state index in [1.54, 1.807) is 7.11 Å². The number of hydrogen-bond donors (Lipinski definition) is 0. The van der Waals surface area contributed by atoms with E-state index in [0.717, 1.165) is 65.9 Å². The molecule has 5 rings (SSSR count). The molecule has 1 aliphatic rings. The molecule has 0 N–H and O–H groups in total. The molecule has 3 heterocycles. The van der Waals surface area contributed by atoms with E-state index >= 15 is 0 Å². The zero-order chi connectivity index (χ0) is 20.3. The lowest BCUT2D eigenvalue weighted by Gasteiger charge is -2.27. The summed E-state index contributed by atoms with van der Waals surface area (Å²) in [6, 6.07) is 19.9. The maximum atomic E-state index is 5.56. The van der Waals surface area contributed by atoms with Gasteiger partial charge in [0.15, 0.2) is 11.6 Å². The van der Waals surface area contributed by atoms with Crippen LogP contribution in [0, 0.1) is 0 Å². The van der Waals surface area contributed by atoms with Gasteiger partial charge in [-0.3, -0.25) is 4.90 Å². The Balaban J connectivity index is 1.27. The Bertz CT molecular complexity index is 1140. The quantitative estimate of drug-likeness (QED) is 0.498. The summed E-state index contributed by atoms with van der Waals surface area (Å²) in [5.74, 6) is 2.38. The summed E-state index contributed by atoms with van der Waals surface area (Å²) >= 11 is 0. The van der Waals surface area contributed by atoms with Crippen LogP contribution >= 0.6 is 0 Å². The van der Waals surface area contributed by atoms with Crippen LogP contribution in [0.3, 0.4) is 0 Å². The van der Waals surface area contributed by atoms with Gasteiger partial charge >= 0.3 is 0 Å². The third-order valence-corrected chi connectivity index (χ3v) is 5.36. The fraction of sp³-hybridized carbons (Fsp3) is 0.208. The van der Waals surface area contributed by atoms with E-state index in [9.17, 15) is 0 Å². The standard InChI is InChI=1S/C24H22N4O2/c1-29-21-9-7-17(8-10-21)23-13-20(27-30-23)16-28-12-11-22-19(15-28)14-25-24(26-22)18-5-3-2-4-6-18/h2-10,13-14H,11-12,15-16H2,1H3. The highest BCUT2D eigenvalue weighted by Crippen LogP contribution is 2.25. The second-order valence-corrected chi connectivity index (χ2v) is 7.40. The normalized spacial score (nSPS) is 13.8. The minimum Gasteiger partial charge on any atom is -0.497 e. The Morgan fingerprint density at radius 2 is 1.87 bits per heavy atom. The number of benzene rings is 2. The van der Waals surface area contributed by atoms with Crippen molar-refractivity contribution in [2.45, 2.75) is 19.5 Å². The van der Waals surface area contributed by atoms with Crippen LogP contribution in [0.2, 0.25) is 0 Å². The fourth-order valence-corrected chi connectivity index (χ4v) is 3.74. The summed E-state index contributed by atoms with van der Waals surface area (Å²) in [7, 11) is 1.66. The molecule has 2 aromatic heterocycles. The van der Waals surface area contributed by atoms with Crippen molar-refractivity contribution in [1.29, 1.82) is 0 Å². The van der Waals surface area contributed by atoms with Crippen LogP contribution < -0.4 is 4.74 Å². The SMILES string of the molecule is COc1ccc(-c2cc(CN3CCc4nc(-c5ccccc5)ncc4C3)no2)cc1. The van der Waals surface area contributed by atoms with E-state index in [-0.39, 0.29) is 0 Å². The zero-order valence-corrected chi connectivity index (χ0v) is 16.8. The molecular formula is C24H22N4O2. The summed E-state index contributed by atoms with van der Waals surface area (Å²) in [6.45, 7) is 2.48. The van der Waals surface area contributed by atoms with Crippen molar-refractivity contribution in [2.75, 3.05) is 13.7 Å². The molecule has 0 saturated carbocycles. The average molecular weight is 398 g/mol. The number of rotatable bonds is 5. The first-order valence-corrected chi connectivity index (χ1v) is 10.0. The molecule has 0 amide bonds. The molecular weight excluding hydrogens is 376 g/mol. The number of hydrogen-bond acceptors (Lipinski definition) is 6. The summed E-state index contributed by atoms with van der Waals surface area (Å²) in [6.07, 6.45) is 2.86. The van der Waals surface area contributed by atoms with Gasteiger partial charge in [0.1, 0.15) is 5.75 Å². The Labute approximate surface area is 175 Å². The van der Waals surface area contributed by atoms with Gasteiger partial charge in [0.05, 0.1) is 18.5 Å². The van der Waals surface area contributed by atoms with Crippen LogP contribution in [0.4, 0.5) is 0 Å². The number of aromatic nitrogens is 3. The van der Waals surface area contributed by atoms with Crippen LogP contribution in [0.1, 0.15) is 17.0 Å². The predicted octanol–water partition coefficient (Wildman–Crippen LogP) is 4.37. The molecule has 0 bridgehead atoms. The van der Waals surface area contributed by atoms with E-state index in [0.29, 0.717) is 0 Å². The number of nitrogens with zero attached hydrogens (tertiary/aromatic N) is 4. The van der Waals surface area contributed by atoms with Gasteiger partial charge in [0, 0.05) is 55.0 Å².